The van der Waals surface area contributed by atoms with Crippen molar-refractivity contribution in [1.29, 1.82) is 0 Å². The van der Waals surface area contributed by atoms with E-state index in [4.69, 9.17) is 23.2 Å². The predicted octanol–water partition coefficient (Wildman–Crippen LogP) is 5.04. The second kappa shape index (κ2) is 6.12. The van der Waals surface area contributed by atoms with E-state index in [1.54, 1.807) is 0 Å². The first kappa shape index (κ1) is 13.3. The average molecular weight is 280 g/mol. The zero-order valence-corrected chi connectivity index (χ0v) is 11.7. The van der Waals surface area contributed by atoms with Crippen molar-refractivity contribution in [3.05, 3.63) is 64.1 Å². The summed E-state index contributed by atoms with van der Waals surface area (Å²) in [7, 11) is 0. The Bertz CT molecular complexity index is 511. The third-order valence-electron chi connectivity index (χ3n) is 2.72. The molecule has 2 aromatic rings. The van der Waals surface area contributed by atoms with Gasteiger partial charge in [0.05, 0.1) is 10.0 Å². The summed E-state index contributed by atoms with van der Waals surface area (Å²) < 4.78 is 0. The Balaban J connectivity index is 1.99. The van der Waals surface area contributed by atoms with Gasteiger partial charge in [0.25, 0.3) is 0 Å². The van der Waals surface area contributed by atoms with Crippen molar-refractivity contribution in [2.24, 2.45) is 0 Å². The van der Waals surface area contributed by atoms with E-state index in [9.17, 15) is 0 Å². The highest BCUT2D eigenvalue weighted by Gasteiger charge is 2.05. The molecular weight excluding hydrogens is 265 g/mol. The molecule has 0 aliphatic heterocycles. The Morgan fingerprint density at radius 2 is 1.72 bits per heavy atom. The lowest BCUT2D eigenvalue weighted by atomic mass is 10.1. The fourth-order valence-corrected chi connectivity index (χ4v) is 2.19. The summed E-state index contributed by atoms with van der Waals surface area (Å²) in [6.07, 6.45) is 0.973. The summed E-state index contributed by atoms with van der Waals surface area (Å²) >= 11 is 11.9. The standard InChI is InChI=1S/C15H15Cl2N/c1-11(9-12-5-3-2-4-6-12)18-13-7-8-14(16)15(17)10-13/h2-8,10-11,18H,9H2,1H3. The Kier molecular flexibility index (Phi) is 4.51. The van der Waals surface area contributed by atoms with E-state index in [1.165, 1.54) is 5.56 Å². The van der Waals surface area contributed by atoms with Crippen LogP contribution in [0.5, 0.6) is 0 Å². The topological polar surface area (TPSA) is 12.0 Å². The quantitative estimate of drug-likeness (QED) is 0.827. The molecule has 2 rings (SSSR count). The van der Waals surface area contributed by atoms with Crippen LogP contribution < -0.4 is 5.32 Å². The van der Waals surface area contributed by atoms with E-state index >= 15 is 0 Å². The van der Waals surface area contributed by atoms with Gasteiger partial charge in [0, 0.05) is 11.7 Å². The molecule has 1 unspecified atom stereocenters. The molecule has 0 fully saturated rings. The largest absolute Gasteiger partial charge is 0.382 e. The predicted molar refractivity (Wildman–Crippen MR) is 79.7 cm³/mol. The number of nitrogens with one attached hydrogen (secondary N) is 1. The van der Waals surface area contributed by atoms with Crippen molar-refractivity contribution in [1.82, 2.24) is 0 Å². The number of halogens is 2. The highest BCUT2D eigenvalue weighted by Crippen LogP contribution is 2.25. The van der Waals surface area contributed by atoms with Gasteiger partial charge in [-0.25, -0.2) is 0 Å². The monoisotopic (exact) mass is 279 g/mol. The normalized spacial score (nSPS) is 12.2. The van der Waals surface area contributed by atoms with Crippen LogP contribution in [0, 0.1) is 0 Å². The van der Waals surface area contributed by atoms with E-state index in [1.807, 2.05) is 24.3 Å². The van der Waals surface area contributed by atoms with Crippen LogP contribution in [0.1, 0.15) is 12.5 Å². The third-order valence-corrected chi connectivity index (χ3v) is 3.46. The summed E-state index contributed by atoms with van der Waals surface area (Å²) in [6.45, 7) is 2.15. The molecule has 0 amide bonds. The Morgan fingerprint density at radius 3 is 2.39 bits per heavy atom. The molecule has 1 atom stereocenters. The van der Waals surface area contributed by atoms with E-state index in [0.29, 0.717) is 16.1 Å². The summed E-state index contributed by atoms with van der Waals surface area (Å²) in [5, 5.41) is 4.57. The van der Waals surface area contributed by atoms with Gasteiger partial charge < -0.3 is 5.32 Å². The molecule has 0 heterocycles. The molecule has 18 heavy (non-hydrogen) atoms. The average Bonchev–Trinajstić information content (AvgIpc) is 2.35. The molecule has 0 saturated carbocycles. The third kappa shape index (κ3) is 3.66. The lowest BCUT2D eigenvalue weighted by Crippen LogP contribution is -2.17. The molecule has 1 N–H and O–H groups in total. The number of rotatable bonds is 4. The van der Waals surface area contributed by atoms with Gasteiger partial charge in [-0.3, -0.25) is 0 Å². The van der Waals surface area contributed by atoms with Gasteiger partial charge >= 0.3 is 0 Å². The molecule has 94 valence electrons. The molecule has 0 radical (unpaired) electrons. The molecule has 1 nitrogen and oxygen atoms in total. The Hall–Kier alpha value is -1.18. The molecule has 0 aliphatic carbocycles. The van der Waals surface area contributed by atoms with Gasteiger partial charge in [-0.15, -0.1) is 0 Å². The van der Waals surface area contributed by atoms with Crippen molar-refractivity contribution in [3.8, 4) is 0 Å². The van der Waals surface area contributed by atoms with Crippen LogP contribution in [0.4, 0.5) is 5.69 Å². The summed E-state index contributed by atoms with van der Waals surface area (Å²) in [5.74, 6) is 0. The van der Waals surface area contributed by atoms with Crippen LogP contribution in [0.25, 0.3) is 0 Å². The van der Waals surface area contributed by atoms with Crippen LogP contribution in [-0.2, 0) is 6.42 Å². The van der Waals surface area contributed by atoms with Crippen LogP contribution in [0.15, 0.2) is 48.5 Å². The van der Waals surface area contributed by atoms with Crippen LogP contribution in [-0.4, -0.2) is 6.04 Å². The molecule has 0 aliphatic rings. The first-order chi connectivity index (χ1) is 8.65. The zero-order valence-electron chi connectivity index (χ0n) is 10.2. The highest BCUT2D eigenvalue weighted by molar-refractivity contribution is 6.42. The minimum absolute atomic E-state index is 0.338. The van der Waals surface area contributed by atoms with Gasteiger partial charge in [0.2, 0.25) is 0 Å². The number of anilines is 1. The van der Waals surface area contributed by atoms with Crippen molar-refractivity contribution < 1.29 is 0 Å². The second-order valence-electron chi connectivity index (χ2n) is 4.36. The lowest BCUT2D eigenvalue weighted by Gasteiger charge is -2.15. The molecule has 3 heteroatoms. The zero-order chi connectivity index (χ0) is 13.0. The Labute approximate surface area is 118 Å². The molecule has 0 spiro atoms. The van der Waals surface area contributed by atoms with Crippen molar-refractivity contribution in [2.45, 2.75) is 19.4 Å². The van der Waals surface area contributed by atoms with E-state index in [0.717, 1.165) is 12.1 Å². The van der Waals surface area contributed by atoms with Crippen molar-refractivity contribution >= 4 is 28.9 Å². The van der Waals surface area contributed by atoms with Gasteiger partial charge in [0.15, 0.2) is 0 Å². The van der Waals surface area contributed by atoms with Crippen LogP contribution in [0.3, 0.4) is 0 Å². The van der Waals surface area contributed by atoms with Crippen LogP contribution >= 0.6 is 23.2 Å². The minimum Gasteiger partial charge on any atom is -0.382 e. The fraction of sp³-hybridized carbons (Fsp3) is 0.200. The summed E-state index contributed by atoms with van der Waals surface area (Å²) in [5.41, 5.74) is 2.31. The smallest absolute Gasteiger partial charge is 0.0612 e. The van der Waals surface area contributed by atoms with E-state index in [2.05, 4.69) is 36.5 Å². The van der Waals surface area contributed by atoms with E-state index < -0.39 is 0 Å². The number of hydrogen-bond acceptors (Lipinski definition) is 1. The first-order valence-corrected chi connectivity index (χ1v) is 6.66. The molecule has 2 aromatic carbocycles. The maximum Gasteiger partial charge on any atom is 0.0612 e. The maximum atomic E-state index is 5.99. The maximum absolute atomic E-state index is 5.99. The lowest BCUT2D eigenvalue weighted by molar-refractivity contribution is 0.790. The second-order valence-corrected chi connectivity index (χ2v) is 5.18. The van der Waals surface area contributed by atoms with Crippen molar-refractivity contribution in [2.75, 3.05) is 5.32 Å². The Morgan fingerprint density at radius 1 is 1.00 bits per heavy atom. The first-order valence-electron chi connectivity index (χ1n) is 5.90. The van der Waals surface area contributed by atoms with Gasteiger partial charge in [0.1, 0.15) is 0 Å². The molecular formula is C15H15Cl2N. The minimum atomic E-state index is 0.338. The summed E-state index contributed by atoms with van der Waals surface area (Å²) in [4.78, 5) is 0. The number of hydrogen-bond donors (Lipinski definition) is 1. The highest BCUT2D eigenvalue weighted by atomic mass is 35.5. The SMILES string of the molecule is CC(Cc1ccccc1)Nc1ccc(Cl)c(Cl)c1. The number of benzene rings is 2. The van der Waals surface area contributed by atoms with E-state index in [-0.39, 0.29) is 0 Å². The molecule has 0 aromatic heterocycles. The molecule has 0 bridgehead atoms. The van der Waals surface area contributed by atoms with Gasteiger partial charge in [-0.2, -0.15) is 0 Å². The summed E-state index contributed by atoms with van der Waals surface area (Å²) in [6, 6.07) is 16.3. The van der Waals surface area contributed by atoms with Crippen LogP contribution in [0.2, 0.25) is 10.0 Å². The van der Waals surface area contributed by atoms with Gasteiger partial charge in [-0.05, 0) is 37.1 Å². The van der Waals surface area contributed by atoms with Crippen molar-refractivity contribution in [3.63, 3.8) is 0 Å². The van der Waals surface area contributed by atoms with Gasteiger partial charge in [-0.1, -0.05) is 53.5 Å². The molecule has 0 saturated heterocycles. The fourth-order valence-electron chi connectivity index (χ4n) is 1.89.